The summed E-state index contributed by atoms with van der Waals surface area (Å²) in [5.74, 6) is 2.68. The minimum absolute atomic E-state index is 0.0502. The number of methoxy groups -OCH3 is 1. The van der Waals surface area contributed by atoms with Gasteiger partial charge < -0.3 is 30.6 Å². The molecule has 1 aliphatic heterocycles. The third-order valence-corrected chi connectivity index (χ3v) is 13.6. The molecule has 4 N–H and O–H groups in total. The van der Waals surface area contributed by atoms with E-state index in [4.69, 9.17) is 15.6 Å². The van der Waals surface area contributed by atoms with Crippen LogP contribution in [0.15, 0.2) is 54.9 Å². The zero-order valence-electron chi connectivity index (χ0n) is 34.1. The highest BCUT2D eigenvalue weighted by molar-refractivity contribution is 6.07. The van der Waals surface area contributed by atoms with E-state index in [1.165, 1.54) is 57.7 Å². The summed E-state index contributed by atoms with van der Waals surface area (Å²) in [5.41, 5.74) is 11.2. The van der Waals surface area contributed by atoms with Crippen LogP contribution in [0.4, 0.5) is 11.5 Å². The van der Waals surface area contributed by atoms with Gasteiger partial charge in [-0.05, 0) is 92.9 Å². The highest BCUT2D eigenvalue weighted by Gasteiger charge is 2.42. The Morgan fingerprint density at radius 3 is 2.68 bits per heavy atom. The molecule has 3 aromatic heterocycles. The Morgan fingerprint density at radius 2 is 1.89 bits per heavy atom. The first-order valence-electron chi connectivity index (χ1n) is 21.2. The monoisotopic (exact) mass is 773 g/mol. The first-order chi connectivity index (χ1) is 27.6. The number of nitrogens with two attached hydrogens (primary N) is 1. The van der Waals surface area contributed by atoms with E-state index in [9.17, 15) is 9.59 Å². The van der Waals surface area contributed by atoms with E-state index in [0.29, 0.717) is 51.6 Å². The van der Waals surface area contributed by atoms with Crippen molar-refractivity contribution in [1.82, 2.24) is 34.5 Å². The lowest BCUT2D eigenvalue weighted by molar-refractivity contribution is -0.125. The van der Waals surface area contributed by atoms with Gasteiger partial charge >= 0.3 is 0 Å². The van der Waals surface area contributed by atoms with Crippen LogP contribution in [0.3, 0.4) is 0 Å². The van der Waals surface area contributed by atoms with E-state index >= 15 is 0 Å². The first-order valence-corrected chi connectivity index (χ1v) is 21.2. The fourth-order valence-electron chi connectivity index (χ4n) is 10.4. The highest BCUT2D eigenvalue weighted by Crippen LogP contribution is 2.54. The van der Waals surface area contributed by atoms with Crippen molar-refractivity contribution in [3.05, 3.63) is 60.6 Å². The number of piperidine rings is 1. The van der Waals surface area contributed by atoms with Crippen LogP contribution in [0.2, 0.25) is 0 Å². The number of fused-ring (bicyclic) bond motifs is 4. The van der Waals surface area contributed by atoms with E-state index in [-0.39, 0.29) is 23.8 Å². The Kier molecular flexibility index (Phi) is 11.2. The van der Waals surface area contributed by atoms with Gasteiger partial charge in [0.25, 0.3) is 5.91 Å². The van der Waals surface area contributed by atoms with Crippen LogP contribution in [0.25, 0.3) is 33.2 Å². The normalized spacial score (nSPS) is 22.1. The quantitative estimate of drug-likeness (QED) is 0.109. The van der Waals surface area contributed by atoms with Crippen LogP contribution in [-0.4, -0.2) is 74.3 Å². The molecule has 0 spiro atoms. The molecular formula is C45H59N9O3. The standard InChI is InChI=1S/C45H59N9O3/c1-5-30-23-31-9-8-17-45(26-30,27-31)18-14-29(2)43(55)47-19-22-53-20-15-34(16-21-53)54-42-39(41(46)48-28-49-42)40(51-54)33-12-13-35(38(25-33)57-4)50-44(56)37-24-32-10-6-7-11-36(32)52(37)3/h6-7,10-13,24-25,28-31,34H,5,8-9,14-23,26-27H2,1-4H3,(H,47,55)(H,50,56)(H2,46,48,49)/t29-,30?,31?,45?/m1/s1. The Bertz CT molecular complexity index is 2240. The number of ether oxygens (including phenoxy) is 1. The minimum Gasteiger partial charge on any atom is -0.495 e. The maximum absolute atomic E-state index is 13.4. The summed E-state index contributed by atoms with van der Waals surface area (Å²) in [5, 5.41) is 13.1. The van der Waals surface area contributed by atoms with Gasteiger partial charge in [0, 0.05) is 55.6 Å². The molecule has 3 aliphatic rings. The maximum Gasteiger partial charge on any atom is 0.272 e. The summed E-state index contributed by atoms with van der Waals surface area (Å²) in [6.07, 6.45) is 15.1. The average molecular weight is 774 g/mol. The molecule has 1 saturated heterocycles. The first kappa shape index (κ1) is 38.9. The lowest BCUT2D eigenvalue weighted by atomic mass is 9.57. The molecule has 3 fully saturated rings. The zero-order valence-corrected chi connectivity index (χ0v) is 34.1. The topological polar surface area (TPSA) is 145 Å². The van der Waals surface area contributed by atoms with Crippen molar-refractivity contribution in [3.63, 3.8) is 0 Å². The number of nitrogens with zero attached hydrogens (tertiary/aromatic N) is 6. The third-order valence-electron chi connectivity index (χ3n) is 13.6. The van der Waals surface area contributed by atoms with Crippen molar-refractivity contribution in [2.24, 2.45) is 30.2 Å². The molecular weight excluding hydrogens is 715 g/mol. The molecule has 2 saturated carbocycles. The fraction of sp³-hybridized carbons (Fsp3) is 0.533. The minimum atomic E-state index is -0.230. The number of hydrogen-bond acceptors (Lipinski definition) is 8. The van der Waals surface area contributed by atoms with Crippen molar-refractivity contribution in [3.8, 4) is 17.0 Å². The Balaban J connectivity index is 0.880. The summed E-state index contributed by atoms with van der Waals surface area (Å²) in [6.45, 7) is 7.77. The second kappa shape index (κ2) is 16.5. The van der Waals surface area contributed by atoms with Crippen LogP contribution < -0.4 is 21.1 Å². The average Bonchev–Trinajstić information content (AvgIpc) is 3.79. The highest BCUT2D eigenvalue weighted by atomic mass is 16.5. The number of rotatable bonds is 13. The maximum atomic E-state index is 13.4. The molecule has 302 valence electrons. The summed E-state index contributed by atoms with van der Waals surface area (Å²) in [7, 11) is 3.47. The molecule has 2 amide bonds. The molecule has 4 atom stereocenters. The predicted molar refractivity (Wildman–Crippen MR) is 226 cm³/mol. The van der Waals surface area contributed by atoms with E-state index in [1.807, 2.05) is 64.8 Å². The van der Waals surface area contributed by atoms with Crippen molar-refractivity contribution < 1.29 is 14.3 Å². The van der Waals surface area contributed by atoms with Gasteiger partial charge in [-0.3, -0.25) is 9.59 Å². The Morgan fingerprint density at radius 1 is 1.07 bits per heavy atom. The molecule has 5 aromatic rings. The Hall–Kier alpha value is -4.97. The lowest BCUT2D eigenvalue weighted by Crippen LogP contribution is -2.41. The van der Waals surface area contributed by atoms with Gasteiger partial charge in [0.2, 0.25) is 5.91 Å². The predicted octanol–water partition coefficient (Wildman–Crippen LogP) is 7.99. The molecule has 12 nitrogen and oxygen atoms in total. The van der Waals surface area contributed by atoms with Crippen LogP contribution in [0.5, 0.6) is 5.75 Å². The molecule has 8 rings (SSSR count). The number of hydrogen-bond donors (Lipinski definition) is 3. The Labute approximate surface area is 335 Å². The van der Waals surface area contributed by atoms with Crippen molar-refractivity contribution in [2.45, 2.75) is 90.5 Å². The van der Waals surface area contributed by atoms with Gasteiger partial charge in [0.05, 0.1) is 24.2 Å². The summed E-state index contributed by atoms with van der Waals surface area (Å²) >= 11 is 0. The number of aromatic nitrogens is 5. The fourth-order valence-corrected chi connectivity index (χ4v) is 10.4. The van der Waals surface area contributed by atoms with Gasteiger partial charge in [-0.25, -0.2) is 14.6 Å². The number of benzene rings is 2. The van der Waals surface area contributed by atoms with Crippen molar-refractivity contribution in [2.75, 3.05) is 44.3 Å². The van der Waals surface area contributed by atoms with Crippen LogP contribution >= 0.6 is 0 Å². The number of aryl methyl sites for hydroxylation is 1. The molecule has 57 heavy (non-hydrogen) atoms. The van der Waals surface area contributed by atoms with Crippen molar-refractivity contribution >= 4 is 45.3 Å². The van der Waals surface area contributed by atoms with Gasteiger partial charge in [0.1, 0.15) is 29.3 Å². The summed E-state index contributed by atoms with van der Waals surface area (Å²) in [6, 6.07) is 15.6. The largest absolute Gasteiger partial charge is 0.495 e. The van der Waals surface area contributed by atoms with Crippen molar-refractivity contribution in [1.29, 1.82) is 0 Å². The number of amides is 2. The van der Waals surface area contributed by atoms with E-state index in [0.717, 1.165) is 67.2 Å². The number of likely N-dealkylation sites (tertiary alicyclic amines) is 1. The van der Waals surface area contributed by atoms with Gasteiger partial charge in [0.15, 0.2) is 5.65 Å². The molecule has 2 aliphatic carbocycles. The molecule has 3 unspecified atom stereocenters. The van der Waals surface area contributed by atoms with Gasteiger partial charge in [-0.1, -0.05) is 57.4 Å². The second-order valence-electron chi connectivity index (χ2n) is 17.2. The van der Waals surface area contributed by atoms with Crippen LogP contribution in [0, 0.1) is 23.2 Å². The number of carbonyl (C=O) groups is 2. The molecule has 4 heterocycles. The van der Waals surface area contributed by atoms with E-state index in [2.05, 4.69) is 39.3 Å². The summed E-state index contributed by atoms with van der Waals surface area (Å²) < 4.78 is 9.68. The van der Waals surface area contributed by atoms with E-state index < -0.39 is 0 Å². The smallest absolute Gasteiger partial charge is 0.272 e. The SMILES string of the molecule is CCC1CC2CCCC(CC[C@@H](C)C(=O)NCCN3CCC(n4nc(-c5ccc(NC(=O)c6cc7ccccc7n6C)c(OC)c5)c5c(N)ncnc54)CC3)(C1)C2. The molecule has 2 aromatic carbocycles. The lowest BCUT2D eigenvalue weighted by Gasteiger charge is -2.49. The number of carbonyl (C=O) groups excluding carboxylic acids is 2. The van der Waals surface area contributed by atoms with Gasteiger partial charge in [-0.15, -0.1) is 0 Å². The molecule has 12 heteroatoms. The third kappa shape index (κ3) is 7.97. The van der Waals surface area contributed by atoms with Crippen LogP contribution in [0.1, 0.15) is 101 Å². The van der Waals surface area contributed by atoms with E-state index in [1.54, 1.807) is 7.11 Å². The molecule has 0 radical (unpaired) electrons. The number of nitrogen functional groups attached to an aromatic ring is 1. The zero-order chi connectivity index (χ0) is 39.7. The number of anilines is 2. The molecule has 2 bridgehead atoms. The van der Waals surface area contributed by atoms with Crippen LogP contribution in [-0.2, 0) is 11.8 Å². The number of para-hydroxylation sites is 1. The van der Waals surface area contributed by atoms with Gasteiger partial charge in [-0.2, -0.15) is 5.10 Å². The second-order valence-corrected chi connectivity index (χ2v) is 17.2. The number of nitrogens with one attached hydrogen (secondary N) is 2. The summed E-state index contributed by atoms with van der Waals surface area (Å²) in [4.78, 5) is 38.0.